The summed E-state index contributed by atoms with van der Waals surface area (Å²) in [6, 6.07) is 3.90. The van der Waals surface area contributed by atoms with E-state index in [1.165, 1.54) is 0 Å². The molecule has 0 bridgehead atoms. The van der Waals surface area contributed by atoms with Crippen LogP contribution in [0.15, 0.2) is 12.1 Å². The number of halogens is 3. The second-order valence-electron chi connectivity index (χ2n) is 4.68. The Morgan fingerprint density at radius 2 is 1.95 bits per heavy atom. The van der Waals surface area contributed by atoms with Crippen LogP contribution >= 0.6 is 67.8 Å². The highest BCUT2D eigenvalue weighted by molar-refractivity contribution is 14.1. The summed E-state index contributed by atoms with van der Waals surface area (Å²) >= 11 is 6.59. The highest BCUT2D eigenvalue weighted by Crippen LogP contribution is 2.26. The lowest BCUT2D eigenvalue weighted by Gasteiger charge is -2.31. The summed E-state index contributed by atoms with van der Waals surface area (Å²) in [7, 11) is 0. The van der Waals surface area contributed by atoms with Crippen LogP contribution in [0.1, 0.15) is 23.2 Å². The number of amides is 1. The third-order valence-electron chi connectivity index (χ3n) is 3.28. The molecule has 1 unspecified atom stereocenters. The highest BCUT2D eigenvalue weighted by atomic mass is 127. The van der Waals surface area contributed by atoms with Gasteiger partial charge in [0, 0.05) is 23.8 Å². The third-order valence-corrected chi connectivity index (χ3v) is 6.95. The van der Waals surface area contributed by atoms with E-state index in [0.717, 1.165) is 17.1 Å². The summed E-state index contributed by atoms with van der Waals surface area (Å²) in [6.07, 6.45) is 1.40. The molecule has 1 aliphatic rings. The maximum Gasteiger partial charge on any atom is 0.308 e. The van der Waals surface area contributed by atoms with Crippen LogP contribution in [-0.2, 0) is 4.79 Å². The average molecular weight is 611 g/mol. The molecule has 1 N–H and O–H groups in total. The lowest BCUT2D eigenvalue weighted by Crippen LogP contribution is -2.42. The predicted octanol–water partition coefficient (Wildman–Crippen LogP) is 3.44. The molecule has 2 rings (SSSR count). The molecule has 1 fully saturated rings. The number of hydrogen-bond acceptors (Lipinski definition) is 2. The van der Waals surface area contributed by atoms with E-state index in [-0.39, 0.29) is 5.91 Å². The van der Waals surface area contributed by atoms with Crippen molar-refractivity contribution in [2.24, 2.45) is 5.92 Å². The van der Waals surface area contributed by atoms with Crippen molar-refractivity contribution >= 4 is 79.6 Å². The number of carbonyl (C=O) groups excluding carboxylic acids is 1. The first-order valence-corrected chi connectivity index (χ1v) is 9.30. The lowest BCUT2D eigenvalue weighted by atomic mass is 9.97. The Labute approximate surface area is 158 Å². The van der Waals surface area contributed by atoms with Crippen LogP contribution in [0.3, 0.4) is 0 Å². The summed E-state index contributed by atoms with van der Waals surface area (Å²) in [5, 5.41) is 9.11. The minimum absolute atomic E-state index is 0.0585. The van der Waals surface area contributed by atoms with Gasteiger partial charge in [-0.05, 0) is 92.7 Å². The molecular formula is C13H12I3NO3. The summed E-state index contributed by atoms with van der Waals surface area (Å²) in [5.41, 5.74) is 0.674. The average Bonchev–Trinajstić information content (AvgIpc) is 2.42. The van der Waals surface area contributed by atoms with Crippen molar-refractivity contribution in [1.82, 2.24) is 4.90 Å². The van der Waals surface area contributed by atoms with E-state index in [4.69, 9.17) is 5.11 Å². The SMILES string of the molecule is O=C(O)C1CCCN(C(=O)c2cc(I)cc(I)c2I)C1. The quantitative estimate of drug-likeness (QED) is 0.413. The van der Waals surface area contributed by atoms with Crippen LogP contribution in [0.2, 0.25) is 0 Å². The van der Waals surface area contributed by atoms with Gasteiger partial charge in [-0.2, -0.15) is 0 Å². The molecule has 1 aromatic rings. The van der Waals surface area contributed by atoms with Crippen molar-refractivity contribution in [1.29, 1.82) is 0 Å². The molecule has 0 saturated carbocycles. The number of rotatable bonds is 2. The van der Waals surface area contributed by atoms with Crippen LogP contribution in [0, 0.1) is 16.6 Å². The molecular weight excluding hydrogens is 599 g/mol. The molecule has 4 nitrogen and oxygen atoms in total. The molecule has 1 atom stereocenters. The summed E-state index contributed by atoms with van der Waals surface area (Å²) in [6.45, 7) is 0.951. The van der Waals surface area contributed by atoms with Crippen molar-refractivity contribution in [3.05, 3.63) is 28.4 Å². The number of aliphatic carboxylic acids is 1. The van der Waals surface area contributed by atoms with E-state index >= 15 is 0 Å². The topological polar surface area (TPSA) is 57.6 Å². The first-order chi connectivity index (χ1) is 9.40. The van der Waals surface area contributed by atoms with Gasteiger partial charge in [0.2, 0.25) is 0 Å². The normalized spacial score (nSPS) is 18.9. The van der Waals surface area contributed by atoms with Crippen LogP contribution in [0.4, 0.5) is 0 Å². The minimum atomic E-state index is -0.811. The van der Waals surface area contributed by atoms with Crippen molar-refractivity contribution < 1.29 is 14.7 Å². The van der Waals surface area contributed by atoms with E-state index in [0.29, 0.717) is 25.1 Å². The number of carboxylic acids is 1. The molecule has 0 radical (unpaired) electrons. The van der Waals surface area contributed by atoms with Crippen molar-refractivity contribution in [2.75, 3.05) is 13.1 Å². The van der Waals surface area contributed by atoms with E-state index in [2.05, 4.69) is 67.8 Å². The van der Waals surface area contributed by atoms with Crippen LogP contribution in [0.25, 0.3) is 0 Å². The van der Waals surface area contributed by atoms with Gasteiger partial charge in [-0.3, -0.25) is 9.59 Å². The number of piperidine rings is 1. The predicted molar refractivity (Wildman–Crippen MR) is 101 cm³/mol. The number of benzene rings is 1. The summed E-state index contributed by atoms with van der Waals surface area (Å²) in [5.74, 6) is -1.31. The molecule has 0 spiro atoms. The van der Waals surface area contributed by atoms with E-state index in [9.17, 15) is 9.59 Å². The molecule has 1 aromatic carbocycles. The van der Waals surface area contributed by atoms with Gasteiger partial charge >= 0.3 is 5.97 Å². The number of carbonyl (C=O) groups is 2. The summed E-state index contributed by atoms with van der Waals surface area (Å²) < 4.78 is 3.00. The maximum absolute atomic E-state index is 12.6. The van der Waals surface area contributed by atoms with E-state index < -0.39 is 11.9 Å². The second kappa shape index (κ2) is 7.07. The Bertz CT molecular complexity index is 562. The Morgan fingerprint density at radius 1 is 1.25 bits per heavy atom. The zero-order chi connectivity index (χ0) is 14.9. The number of hydrogen-bond donors (Lipinski definition) is 1. The molecule has 1 amide bonds. The first-order valence-electron chi connectivity index (χ1n) is 6.06. The van der Waals surface area contributed by atoms with Gasteiger partial charge in [0.1, 0.15) is 0 Å². The van der Waals surface area contributed by atoms with Gasteiger partial charge in [-0.25, -0.2) is 0 Å². The van der Waals surface area contributed by atoms with Gasteiger partial charge in [0.25, 0.3) is 5.91 Å². The zero-order valence-electron chi connectivity index (χ0n) is 10.4. The Kier molecular flexibility index (Phi) is 5.91. The molecule has 0 aliphatic carbocycles. The molecule has 1 saturated heterocycles. The van der Waals surface area contributed by atoms with E-state index in [1.807, 2.05) is 12.1 Å². The van der Waals surface area contributed by atoms with Gasteiger partial charge in [0.15, 0.2) is 0 Å². The van der Waals surface area contributed by atoms with Gasteiger partial charge < -0.3 is 10.0 Å². The third kappa shape index (κ3) is 3.76. The molecule has 7 heteroatoms. The van der Waals surface area contributed by atoms with Crippen molar-refractivity contribution in [3.63, 3.8) is 0 Å². The lowest BCUT2D eigenvalue weighted by molar-refractivity contribution is -0.143. The fourth-order valence-electron chi connectivity index (χ4n) is 2.25. The van der Waals surface area contributed by atoms with Gasteiger partial charge in [0.05, 0.1) is 11.5 Å². The van der Waals surface area contributed by atoms with E-state index in [1.54, 1.807) is 4.90 Å². The fraction of sp³-hybridized carbons (Fsp3) is 0.385. The maximum atomic E-state index is 12.6. The second-order valence-corrected chi connectivity index (χ2v) is 8.16. The largest absolute Gasteiger partial charge is 0.481 e. The van der Waals surface area contributed by atoms with Crippen LogP contribution in [0.5, 0.6) is 0 Å². The van der Waals surface area contributed by atoms with Crippen molar-refractivity contribution in [3.8, 4) is 0 Å². The Morgan fingerprint density at radius 3 is 2.60 bits per heavy atom. The monoisotopic (exact) mass is 611 g/mol. The zero-order valence-corrected chi connectivity index (χ0v) is 16.9. The Hall–Kier alpha value is 0.350. The van der Waals surface area contributed by atoms with Gasteiger partial charge in [-0.15, -0.1) is 0 Å². The van der Waals surface area contributed by atoms with Gasteiger partial charge in [-0.1, -0.05) is 0 Å². The van der Waals surface area contributed by atoms with Crippen LogP contribution < -0.4 is 0 Å². The molecule has 1 heterocycles. The summed E-state index contributed by atoms with van der Waals surface area (Å²) in [4.78, 5) is 25.4. The fourth-order valence-corrected chi connectivity index (χ4v) is 4.63. The molecule has 0 aromatic heterocycles. The highest BCUT2D eigenvalue weighted by Gasteiger charge is 2.29. The molecule has 108 valence electrons. The van der Waals surface area contributed by atoms with Crippen molar-refractivity contribution in [2.45, 2.75) is 12.8 Å². The van der Waals surface area contributed by atoms with Crippen LogP contribution in [-0.4, -0.2) is 35.0 Å². The number of likely N-dealkylation sites (tertiary alicyclic amines) is 1. The number of carboxylic acid groups (broad SMARTS) is 1. The number of nitrogens with zero attached hydrogens (tertiary/aromatic N) is 1. The first kappa shape index (κ1) is 16.7. The molecule has 20 heavy (non-hydrogen) atoms. The smallest absolute Gasteiger partial charge is 0.308 e. The molecule has 1 aliphatic heterocycles. The standard InChI is InChI=1S/C13H12I3NO3/c14-8-4-9(11(16)10(15)5-8)12(18)17-3-1-2-7(6-17)13(19)20/h4-5,7H,1-3,6H2,(H,19,20). The minimum Gasteiger partial charge on any atom is -0.481 e. The Balaban J connectivity index is 2.25.